The lowest BCUT2D eigenvalue weighted by atomic mass is 10.1. The fraction of sp³-hybridized carbons (Fsp3) is 0.143. The number of aromatic nitrogens is 1. The van der Waals surface area contributed by atoms with Crippen LogP contribution in [0.15, 0.2) is 30.5 Å². The van der Waals surface area contributed by atoms with Crippen molar-refractivity contribution in [2.75, 3.05) is 0 Å². The lowest BCUT2D eigenvalue weighted by Gasteiger charge is -2.01. The van der Waals surface area contributed by atoms with E-state index in [1.165, 1.54) is 0 Å². The molecule has 2 rings (SSSR count). The number of aliphatic carboxylic acids is 1. The molecule has 1 aromatic carbocycles. The first-order chi connectivity index (χ1) is 8.61. The van der Waals surface area contributed by atoms with Gasteiger partial charge < -0.3 is 5.11 Å². The Labute approximate surface area is 104 Å². The monoisotopic (exact) mass is 241 g/mol. The average Bonchev–Trinajstić information content (AvgIpc) is 2.78. The van der Waals surface area contributed by atoms with Crippen LogP contribution >= 0.6 is 0 Å². The summed E-state index contributed by atoms with van der Waals surface area (Å²) < 4.78 is 1.59. The molecule has 90 valence electrons. The third-order valence-corrected chi connectivity index (χ3v) is 2.58. The first kappa shape index (κ1) is 11.9. The Morgan fingerprint density at radius 2 is 2.11 bits per heavy atom. The molecule has 0 amide bonds. The molecule has 0 fully saturated rings. The number of hydrogen-bond donors (Lipinski definition) is 1. The minimum Gasteiger partial charge on any atom is -0.472 e. The smallest absolute Gasteiger partial charge is 0.382 e. The highest BCUT2D eigenvalue weighted by atomic mass is 16.4. The minimum absolute atomic E-state index is 0.0226. The van der Waals surface area contributed by atoms with Crippen molar-refractivity contribution >= 4 is 22.8 Å². The zero-order chi connectivity index (χ0) is 13.1. The number of rotatable bonds is 1. The number of carbonyl (C=O) groups is 2. The highest BCUT2D eigenvalue weighted by molar-refractivity contribution is 5.93. The molecule has 0 radical (unpaired) electrons. The normalized spacial score (nSPS) is 9.83. The SMILES string of the molecule is CCC(=O)n1ccc2cc(C#CC(=O)O)ccc21. The van der Waals surface area contributed by atoms with Crippen LogP contribution in [-0.4, -0.2) is 21.6 Å². The summed E-state index contributed by atoms with van der Waals surface area (Å²) in [5.74, 6) is 3.47. The molecular weight excluding hydrogens is 230 g/mol. The number of carboxylic acids is 1. The van der Waals surface area contributed by atoms with Crippen LogP contribution in [0.4, 0.5) is 0 Å². The average molecular weight is 241 g/mol. The van der Waals surface area contributed by atoms with Gasteiger partial charge in [0.2, 0.25) is 5.91 Å². The molecule has 4 nitrogen and oxygen atoms in total. The molecule has 0 bridgehead atoms. The van der Waals surface area contributed by atoms with Gasteiger partial charge >= 0.3 is 5.97 Å². The quantitative estimate of drug-likeness (QED) is 0.778. The summed E-state index contributed by atoms with van der Waals surface area (Å²) >= 11 is 0. The van der Waals surface area contributed by atoms with Crippen molar-refractivity contribution in [1.82, 2.24) is 4.57 Å². The molecular formula is C14H11NO3. The molecule has 2 aromatic rings. The second kappa shape index (κ2) is 4.76. The first-order valence-electron chi connectivity index (χ1n) is 5.51. The summed E-state index contributed by atoms with van der Waals surface area (Å²) in [5.41, 5.74) is 1.43. The first-order valence-corrected chi connectivity index (χ1v) is 5.51. The molecule has 1 aromatic heterocycles. The summed E-state index contributed by atoms with van der Waals surface area (Å²) in [4.78, 5) is 22.0. The third-order valence-electron chi connectivity index (χ3n) is 2.58. The topological polar surface area (TPSA) is 59.3 Å². The van der Waals surface area contributed by atoms with Gasteiger partial charge in [0, 0.05) is 29.5 Å². The molecule has 0 aliphatic carbocycles. The number of hydrogen-bond acceptors (Lipinski definition) is 2. The fourth-order valence-electron chi connectivity index (χ4n) is 1.73. The van der Waals surface area contributed by atoms with Crippen molar-refractivity contribution in [3.05, 3.63) is 36.0 Å². The van der Waals surface area contributed by atoms with Gasteiger partial charge in [-0.3, -0.25) is 9.36 Å². The van der Waals surface area contributed by atoms with Gasteiger partial charge in [0.1, 0.15) is 0 Å². The highest BCUT2D eigenvalue weighted by Crippen LogP contribution is 2.17. The number of benzene rings is 1. The summed E-state index contributed by atoms with van der Waals surface area (Å²) in [5, 5.41) is 9.34. The van der Waals surface area contributed by atoms with E-state index >= 15 is 0 Å². The minimum atomic E-state index is -1.16. The van der Waals surface area contributed by atoms with Gasteiger partial charge in [0.25, 0.3) is 0 Å². The Balaban J connectivity index is 2.47. The fourth-order valence-corrected chi connectivity index (χ4v) is 1.73. The molecule has 0 unspecified atom stereocenters. The maximum absolute atomic E-state index is 11.6. The standard InChI is InChI=1S/C14H11NO3/c1-2-13(16)15-8-7-11-9-10(3-5-12(11)15)4-6-14(17)18/h3,5,7-9H,2H2,1H3,(H,17,18). The highest BCUT2D eigenvalue weighted by Gasteiger charge is 2.06. The van der Waals surface area contributed by atoms with Gasteiger partial charge in [-0.05, 0) is 24.3 Å². The Kier molecular flexibility index (Phi) is 3.16. The molecule has 1 N–H and O–H groups in total. The van der Waals surface area contributed by atoms with Gasteiger partial charge in [-0.1, -0.05) is 12.8 Å². The van der Waals surface area contributed by atoms with Crippen LogP contribution in [0.25, 0.3) is 10.9 Å². The predicted octanol–water partition coefficient (Wildman–Crippen LogP) is 2.13. The Morgan fingerprint density at radius 3 is 2.78 bits per heavy atom. The number of carbonyl (C=O) groups excluding carboxylic acids is 1. The maximum Gasteiger partial charge on any atom is 0.382 e. The zero-order valence-electron chi connectivity index (χ0n) is 9.80. The van der Waals surface area contributed by atoms with Crippen LogP contribution in [0.3, 0.4) is 0 Å². The molecule has 4 heteroatoms. The van der Waals surface area contributed by atoms with Crippen molar-refractivity contribution < 1.29 is 14.7 Å². The van der Waals surface area contributed by atoms with E-state index in [0.29, 0.717) is 12.0 Å². The Bertz CT molecular complexity index is 686. The van der Waals surface area contributed by atoms with Gasteiger partial charge in [-0.15, -0.1) is 0 Å². The molecule has 0 saturated carbocycles. The summed E-state index contributed by atoms with van der Waals surface area (Å²) in [6, 6.07) is 7.06. The van der Waals surface area contributed by atoms with E-state index in [4.69, 9.17) is 5.11 Å². The summed E-state index contributed by atoms with van der Waals surface area (Å²) in [7, 11) is 0. The van der Waals surface area contributed by atoms with Gasteiger partial charge in [0.15, 0.2) is 0 Å². The molecule has 0 saturated heterocycles. The predicted molar refractivity (Wildman–Crippen MR) is 67.4 cm³/mol. The third kappa shape index (κ3) is 2.25. The van der Waals surface area contributed by atoms with Crippen molar-refractivity contribution in [1.29, 1.82) is 0 Å². The van der Waals surface area contributed by atoms with Crippen LogP contribution in [0.1, 0.15) is 23.7 Å². The molecule has 18 heavy (non-hydrogen) atoms. The summed E-state index contributed by atoms with van der Waals surface area (Å²) in [6.45, 7) is 1.81. The maximum atomic E-state index is 11.6. The molecule has 1 heterocycles. The molecule has 0 aliphatic heterocycles. The molecule has 0 atom stereocenters. The van der Waals surface area contributed by atoms with E-state index in [2.05, 4.69) is 11.8 Å². The van der Waals surface area contributed by atoms with Gasteiger partial charge in [-0.2, -0.15) is 0 Å². The van der Waals surface area contributed by atoms with Crippen molar-refractivity contribution in [3.8, 4) is 11.8 Å². The Morgan fingerprint density at radius 1 is 1.33 bits per heavy atom. The van der Waals surface area contributed by atoms with Gasteiger partial charge in [-0.25, -0.2) is 4.79 Å². The van der Waals surface area contributed by atoms with E-state index in [9.17, 15) is 9.59 Å². The summed E-state index contributed by atoms with van der Waals surface area (Å²) in [6.07, 6.45) is 2.15. The second-order valence-electron chi connectivity index (χ2n) is 3.76. The second-order valence-corrected chi connectivity index (χ2v) is 3.76. The lowest BCUT2D eigenvalue weighted by Crippen LogP contribution is -2.06. The van der Waals surface area contributed by atoms with Crippen molar-refractivity contribution in [2.24, 2.45) is 0 Å². The van der Waals surface area contributed by atoms with E-state index < -0.39 is 5.97 Å². The van der Waals surface area contributed by atoms with E-state index in [1.54, 1.807) is 35.9 Å². The van der Waals surface area contributed by atoms with Crippen LogP contribution in [-0.2, 0) is 4.79 Å². The van der Waals surface area contributed by atoms with Crippen LogP contribution in [0, 0.1) is 11.8 Å². The number of nitrogens with zero attached hydrogens (tertiary/aromatic N) is 1. The number of carboxylic acid groups (broad SMARTS) is 1. The largest absolute Gasteiger partial charge is 0.472 e. The van der Waals surface area contributed by atoms with E-state index in [-0.39, 0.29) is 5.91 Å². The Hall–Kier alpha value is -2.54. The van der Waals surface area contributed by atoms with E-state index in [0.717, 1.165) is 10.9 Å². The zero-order valence-corrected chi connectivity index (χ0v) is 9.80. The van der Waals surface area contributed by atoms with Crippen LogP contribution < -0.4 is 0 Å². The van der Waals surface area contributed by atoms with Crippen molar-refractivity contribution in [3.63, 3.8) is 0 Å². The van der Waals surface area contributed by atoms with Crippen LogP contribution in [0.2, 0.25) is 0 Å². The van der Waals surface area contributed by atoms with Crippen LogP contribution in [0.5, 0.6) is 0 Å². The molecule has 0 spiro atoms. The number of fused-ring (bicyclic) bond motifs is 1. The van der Waals surface area contributed by atoms with E-state index in [1.807, 2.05) is 6.07 Å². The lowest BCUT2D eigenvalue weighted by molar-refractivity contribution is -0.130. The van der Waals surface area contributed by atoms with Gasteiger partial charge in [0.05, 0.1) is 5.52 Å². The molecule has 0 aliphatic rings. The van der Waals surface area contributed by atoms with Crippen molar-refractivity contribution in [2.45, 2.75) is 13.3 Å².